The predicted molar refractivity (Wildman–Crippen MR) is 62.3 cm³/mol. The summed E-state index contributed by atoms with van der Waals surface area (Å²) >= 11 is 0. The Kier molecular flexibility index (Phi) is 2.67. The topological polar surface area (TPSA) is 9.23 Å². The molecule has 0 saturated heterocycles. The summed E-state index contributed by atoms with van der Waals surface area (Å²) in [6, 6.07) is 0. The fourth-order valence-electron chi connectivity index (χ4n) is 2.84. The molecule has 3 atom stereocenters. The molecule has 14 heavy (non-hydrogen) atoms. The minimum Gasteiger partial charge on any atom is -0.406 e. The Morgan fingerprint density at radius 3 is 2.36 bits per heavy atom. The Morgan fingerprint density at radius 1 is 1.21 bits per heavy atom. The van der Waals surface area contributed by atoms with Crippen LogP contribution in [0.3, 0.4) is 0 Å². The van der Waals surface area contributed by atoms with E-state index in [4.69, 9.17) is 4.43 Å². The average Bonchev–Trinajstić information content (AvgIpc) is 2.79. The highest BCUT2D eigenvalue weighted by atomic mass is 28.4. The van der Waals surface area contributed by atoms with E-state index in [1.807, 2.05) is 11.4 Å². The van der Waals surface area contributed by atoms with Gasteiger partial charge in [-0.15, -0.1) is 13.2 Å². The van der Waals surface area contributed by atoms with Gasteiger partial charge in [0.25, 0.3) is 0 Å². The van der Waals surface area contributed by atoms with Crippen molar-refractivity contribution in [2.75, 3.05) is 0 Å². The highest BCUT2D eigenvalue weighted by Gasteiger charge is 2.42. The fraction of sp³-hybridized carbons (Fsp3) is 0.667. The molecule has 0 aromatic carbocycles. The first kappa shape index (κ1) is 10.2. The van der Waals surface area contributed by atoms with E-state index in [9.17, 15) is 0 Å². The van der Waals surface area contributed by atoms with Gasteiger partial charge in [0.15, 0.2) is 0 Å². The van der Waals surface area contributed by atoms with Crippen LogP contribution in [0.5, 0.6) is 0 Å². The maximum atomic E-state index is 6.23. The molecule has 2 aliphatic carbocycles. The molecule has 0 N–H and O–H groups in total. The molecule has 0 aromatic rings. The molecular weight excluding hydrogens is 188 g/mol. The number of fused-ring (bicyclic) bond motifs is 2. The van der Waals surface area contributed by atoms with Gasteiger partial charge in [-0.2, -0.15) is 0 Å². The second kappa shape index (κ2) is 3.67. The lowest BCUT2D eigenvalue weighted by atomic mass is 9.98. The van der Waals surface area contributed by atoms with Crippen molar-refractivity contribution in [1.82, 2.24) is 0 Å². The van der Waals surface area contributed by atoms with Gasteiger partial charge < -0.3 is 4.43 Å². The van der Waals surface area contributed by atoms with E-state index in [-0.39, 0.29) is 0 Å². The van der Waals surface area contributed by atoms with E-state index in [0.29, 0.717) is 6.10 Å². The summed E-state index contributed by atoms with van der Waals surface area (Å²) in [5.41, 5.74) is 3.98. The van der Waals surface area contributed by atoms with Crippen LogP contribution in [0.4, 0.5) is 0 Å². The largest absolute Gasteiger partial charge is 0.406 e. The molecule has 1 nitrogen and oxygen atoms in total. The summed E-state index contributed by atoms with van der Waals surface area (Å²) in [6.45, 7) is 9.93. The number of hydrogen-bond donors (Lipinski definition) is 0. The van der Waals surface area contributed by atoms with E-state index in [0.717, 1.165) is 11.8 Å². The zero-order valence-electron chi connectivity index (χ0n) is 9.04. The van der Waals surface area contributed by atoms with Crippen molar-refractivity contribution < 1.29 is 4.43 Å². The van der Waals surface area contributed by atoms with Crippen LogP contribution >= 0.6 is 0 Å². The maximum Gasteiger partial charge on any atom is 0.237 e. The first-order valence-electron chi connectivity index (χ1n) is 5.62. The van der Waals surface area contributed by atoms with Crippen LogP contribution in [0.25, 0.3) is 0 Å². The van der Waals surface area contributed by atoms with Crippen molar-refractivity contribution in [2.45, 2.75) is 38.3 Å². The third kappa shape index (κ3) is 1.73. The number of rotatable bonds is 4. The maximum absolute atomic E-state index is 6.23. The third-order valence-corrected chi connectivity index (χ3v) is 6.32. The minimum atomic E-state index is -1.77. The molecule has 2 aliphatic rings. The normalized spacial score (nSPS) is 35.9. The summed E-state index contributed by atoms with van der Waals surface area (Å²) in [7, 11) is -1.77. The average molecular weight is 208 g/mol. The number of hydrogen-bond acceptors (Lipinski definition) is 1. The zero-order valence-corrected chi connectivity index (χ0v) is 10.0. The van der Waals surface area contributed by atoms with Gasteiger partial charge in [-0.3, -0.25) is 0 Å². The second-order valence-corrected chi connectivity index (χ2v) is 8.34. The Balaban J connectivity index is 1.98. The molecule has 0 heterocycles. The Morgan fingerprint density at radius 2 is 1.93 bits per heavy atom. The fourth-order valence-corrected chi connectivity index (χ4v) is 4.14. The van der Waals surface area contributed by atoms with Crippen LogP contribution in [0.1, 0.15) is 25.7 Å². The van der Waals surface area contributed by atoms with Crippen molar-refractivity contribution >= 4 is 8.32 Å². The SMILES string of the molecule is C=C[Si](C)(C=C)OC1CC2CCC1C2. The van der Waals surface area contributed by atoms with Crippen LogP contribution in [-0.4, -0.2) is 14.4 Å². The van der Waals surface area contributed by atoms with Crippen LogP contribution in [-0.2, 0) is 4.43 Å². The smallest absolute Gasteiger partial charge is 0.237 e. The molecule has 3 unspecified atom stereocenters. The van der Waals surface area contributed by atoms with Crippen LogP contribution in [0.2, 0.25) is 6.55 Å². The zero-order chi connectivity index (χ0) is 10.2. The lowest BCUT2D eigenvalue weighted by molar-refractivity contribution is 0.135. The molecule has 2 fully saturated rings. The quantitative estimate of drug-likeness (QED) is 0.645. The summed E-state index contributed by atoms with van der Waals surface area (Å²) in [5.74, 6) is 1.80. The van der Waals surface area contributed by atoms with Gasteiger partial charge in [0, 0.05) is 6.10 Å². The van der Waals surface area contributed by atoms with Crippen molar-refractivity contribution in [3.05, 3.63) is 24.6 Å². The van der Waals surface area contributed by atoms with Crippen molar-refractivity contribution in [2.24, 2.45) is 11.8 Å². The Hall–Kier alpha value is -0.343. The molecule has 78 valence electrons. The van der Waals surface area contributed by atoms with Gasteiger partial charge in [-0.25, -0.2) is 0 Å². The molecule has 2 bridgehead atoms. The van der Waals surface area contributed by atoms with Gasteiger partial charge in [0.1, 0.15) is 0 Å². The van der Waals surface area contributed by atoms with Gasteiger partial charge in [-0.1, -0.05) is 11.4 Å². The standard InChI is InChI=1S/C12H20OSi/c1-4-14(3,5-2)13-12-9-10-6-7-11(12)8-10/h4-5,10-12H,1-2,6-9H2,3H3. The first-order chi connectivity index (χ1) is 6.67. The molecule has 0 spiro atoms. The Bertz CT molecular complexity index is 241. The van der Waals surface area contributed by atoms with Crippen molar-refractivity contribution in [3.63, 3.8) is 0 Å². The van der Waals surface area contributed by atoms with Gasteiger partial charge >= 0.3 is 0 Å². The van der Waals surface area contributed by atoms with Gasteiger partial charge in [-0.05, 0) is 44.1 Å². The van der Waals surface area contributed by atoms with E-state index in [2.05, 4.69) is 19.7 Å². The van der Waals surface area contributed by atoms with Crippen LogP contribution in [0.15, 0.2) is 24.6 Å². The molecule has 0 aromatic heterocycles. The molecule has 0 aliphatic heterocycles. The summed E-state index contributed by atoms with van der Waals surface area (Å²) < 4.78 is 6.23. The first-order valence-corrected chi connectivity index (χ1v) is 8.18. The van der Waals surface area contributed by atoms with E-state index in [1.54, 1.807) is 0 Å². The lowest BCUT2D eigenvalue weighted by Crippen LogP contribution is -2.37. The second-order valence-electron chi connectivity index (χ2n) is 4.92. The molecule has 2 heteroatoms. The van der Waals surface area contributed by atoms with E-state index < -0.39 is 8.32 Å². The highest BCUT2D eigenvalue weighted by molar-refractivity contribution is 6.82. The van der Waals surface area contributed by atoms with Crippen molar-refractivity contribution in [3.8, 4) is 0 Å². The van der Waals surface area contributed by atoms with E-state index in [1.165, 1.54) is 25.7 Å². The monoisotopic (exact) mass is 208 g/mol. The molecule has 2 rings (SSSR count). The highest BCUT2D eigenvalue weighted by Crippen LogP contribution is 2.46. The van der Waals surface area contributed by atoms with Crippen LogP contribution in [0, 0.1) is 11.8 Å². The van der Waals surface area contributed by atoms with Crippen molar-refractivity contribution in [1.29, 1.82) is 0 Å². The lowest BCUT2D eigenvalue weighted by Gasteiger charge is -2.30. The van der Waals surface area contributed by atoms with E-state index >= 15 is 0 Å². The Labute approximate surface area is 88.0 Å². The van der Waals surface area contributed by atoms with Crippen LogP contribution < -0.4 is 0 Å². The molecule has 2 saturated carbocycles. The minimum absolute atomic E-state index is 0.515. The molecule has 0 amide bonds. The molecule has 0 radical (unpaired) electrons. The van der Waals surface area contributed by atoms with Gasteiger partial charge in [0.2, 0.25) is 8.32 Å². The summed E-state index contributed by atoms with van der Waals surface area (Å²) in [4.78, 5) is 0. The summed E-state index contributed by atoms with van der Waals surface area (Å²) in [5, 5.41) is 0. The van der Waals surface area contributed by atoms with Gasteiger partial charge in [0.05, 0.1) is 0 Å². The summed E-state index contributed by atoms with van der Waals surface area (Å²) in [6.07, 6.45) is 6.03. The molecular formula is C12H20OSi. The third-order valence-electron chi connectivity index (χ3n) is 3.89. The predicted octanol–water partition coefficient (Wildman–Crippen LogP) is 3.22.